The molecule has 0 amide bonds. The van der Waals surface area contributed by atoms with Crippen molar-refractivity contribution >= 4 is 30.2 Å². The molecule has 0 saturated carbocycles. The topological polar surface area (TPSA) is 20.2 Å². The summed E-state index contributed by atoms with van der Waals surface area (Å²) in [5.41, 5.74) is 0. The van der Waals surface area contributed by atoms with Crippen molar-refractivity contribution in [3.05, 3.63) is 53.2 Å². The Morgan fingerprint density at radius 2 is 1.38 bits per heavy atom. The SMILES string of the molecule is Oc1ccccc1.[LiH].c1ccsc1. The van der Waals surface area contributed by atoms with E-state index in [1.807, 2.05) is 29.0 Å². The minimum atomic E-state index is 0. The Labute approximate surface area is 94.2 Å². The minimum Gasteiger partial charge on any atom is -0.152 e. The zero-order chi connectivity index (χ0) is 8.65. The first-order chi connectivity index (χ1) is 5.89. The van der Waals surface area contributed by atoms with Gasteiger partial charge in [0.1, 0.15) is 5.75 Å². The van der Waals surface area contributed by atoms with Crippen LogP contribution in [0.15, 0.2) is 53.2 Å². The van der Waals surface area contributed by atoms with E-state index >= 15 is 0 Å². The van der Waals surface area contributed by atoms with Gasteiger partial charge in [-0.2, -0.15) is 11.3 Å². The van der Waals surface area contributed by atoms with Gasteiger partial charge in [0.05, 0.1) is 0 Å². The van der Waals surface area contributed by atoms with Gasteiger partial charge in [0.25, 0.3) is 0 Å². The number of thiophene rings is 1. The van der Waals surface area contributed by atoms with Gasteiger partial charge in [-0.1, -0.05) is 30.3 Å². The molecule has 2 aromatic rings. The fourth-order valence-corrected chi connectivity index (χ4v) is 1.11. The predicted octanol–water partition coefficient (Wildman–Crippen LogP) is 2.49. The van der Waals surface area contributed by atoms with Gasteiger partial charge in [-0.3, -0.25) is 0 Å². The molecule has 64 valence electrons. The van der Waals surface area contributed by atoms with Gasteiger partial charge in [-0.25, -0.2) is 0 Å². The van der Waals surface area contributed by atoms with Gasteiger partial charge in [-0.05, 0) is 22.9 Å². The van der Waals surface area contributed by atoms with E-state index < -0.39 is 0 Å². The molecule has 1 heterocycles. The number of benzene rings is 1. The van der Waals surface area contributed by atoms with E-state index in [0.29, 0.717) is 5.75 Å². The summed E-state index contributed by atoms with van der Waals surface area (Å²) in [6, 6.07) is 12.7. The first-order valence-corrected chi connectivity index (χ1v) is 4.55. The van der Waals surface area contributed by atoms with E-state index in [-0.39, 0.29) is 18.9 Å². The number of rotatable bonds is 0. The van der Waals surface area contributed by atoms with E-state index in [0.717, 1.165) is 0 Å². The van der Waals surface area contributed by atoms with Gasteiger partial charge < -0.3 is 5.11 Å². The molecule has 1 nitrogen and oxygen atoms in total. The van der Waals surface area contributed by atoms with E-state index in [1.165, 1.54) is 0 Å². The summed E-state index contributed by atoms with van der Waals surface area (Å²) in [5.74, 6) is 0.322. The molecule has 0 aliphatic rings. The number of para-hydroxylation sites is 1. The molecular weight excluding hydrogens is 175 g/mol. The average molecular weight is 186 g/mol. The van der Waals surface area contributed by atoms with Crippen molar-refractivity contribution in [3.63, 3.8) is 0 Å². The van der Waals surface area contributed by atoms with Crippen LogP contribution < -0.4 is 0 Å². The van der Waals surface area contributed by atoms with Crippen LogP contribution >= 0.6 is 11.3 Å². The Hall–Kier alpha value is -0.683. The second-order valence-corrected chi connectivity index (χ2v) is 2.95. The van der Waals surface area contributed by atoms with Crippen LogP contribution in [0.2, 0.25) is 0 Å². The maximum atomic E-state index is 8.63. The van der Waals surface area contributed by atoms with Crippen LogP contribution in [0.1, 0.15) is 0 Å². The van der Waals surface area contributed by atoms with Crippen molar-refractivity contribution in [2.24, 2.45) is 0 Å². The molecule has 13 heavy (non-hydrogen) atoms. The summed E-state index contributed by atoms with van der Waals surface area (Å²) in [6.45, 7) is 0. The maximum absolute atomic E-state index is 8.63. The average Bonchev–Trinajstić information content (AvgIpc) is 2.62. The fourth-order valence-electron chi connectivity index (χ4n) is 0.655. The molecule has 0 bridgehead atoms. The number of hydrogen-bond donors (Lipinski definition) is 1. The van der Waals surface area contributed by atoms with Crippen molar-refractivity contribution < 1.29 is 5.11 Å². The van der Waals surface area contributed by atoms with E-state index in [2.05, 4.69) is 0 Å². The summed E-state index contributed by atoms with van der Waals surface area (Å²) in [6.07, 6.45) is 0. The van der Waals surface area contributed by atoms with Gasteiger partial charge in [0, 0.05) is 0 Å². The Kier molecular flexibility index (Phi) is 7.52. The number of phenolic OH excluding ortho intramolecular Hbond substituents is 1. The normalized spacial score (nSPS) is 7.69. The van der Waals surface area contributed by atoms with Crippen LogP contribution in [-0.2, 0) is 0 Å². The van der Waals surface area contributed by atoms with Crippen LogP contribution in [0, 0.1) is 0 Å². The molecule has 0 unspecified atom stereocenters. The third kappa shape index (κ3) is 6.48. The quantitative estimate of drug-likeness (QED) is 0.627. The van der Waals surface area contributed by atoms with Crippen molar-refractivity contribution in [1.29, 1.82) is 0 Å². The molecule has 0 atom stereocenters. The molecular formula is C10H11LiOS. The number of hydrogen-bond acceptors (Lipinski definition) is 2. The smallest absolute Gasteiger partial charge is 0.00934 e. The van der Waals surface area contributed by atoms with Crippen molar-refractivity contribution in [2.75, 3.05) is 0 Å². The molecule has 0 aliphatic heterocycles. The molecule has 0 radical (unpaired) electrons. The molecule has 0 saturated heterocycles. The Morgan fingerprint density at radius 3 is 1.62 bits per heavy atom. The first-order valence-electron chi connectivity index (χ1n) is 3.61. The number of phenols is 1. The van der Waals surface area contributed by atoms with E-state index in [9.17, 15) is 0 Å². The molecule has 1 aromatic heterocycles. The van der Waals surface area contributed by atoms with Crippen molar-refractivity contribution in [1.82, 2.24) is 0 Å². The Morgan fingerprint density at radius 1 is 0.846 bits per heavy atom. The Bertz CT molecular complexity index is 264. The van der Waals surface area contributed by atoms with Crippen LogP contribution in [-0.4, -0.2) is 24.0 Å². The summed E-state index contributed by atoms with van der Waals surface area (Å²) < 4.78 is 0. The second kappa shape index (κ2) is 7.94. The van der Waals surface area contributed by atoms with Crippen LogP contribution in [0.25, 0.3) is 0 Å². The first kappa shape index (κ1) is 12.3. The molecule has 2 rings (SSSR count). The predicted molar refractivity (Wildman–Crippen MR) is 59.6 cm³/mol. The minimum absolute atomic E-state index is 0. The molecule has 0 spiro atoms. The fraction of sp³-hybridized carbons (Fsp3) is 0. The number of aromatic hydroxyl groups is 1. The zero-order valence-electron chi connectivity index (χ0n) is 6.55. The van der Waals surface area contributed by atoms with Crippen molar-refractivity contribution in [2.45, 2.75) is 0 Å². The standard InChI is InChI=1S/C6H6O.C4H4S.Li.H/c7-6-4-2-1-3-5-6;1-2-4-5-3-1;;/h1-5,7H;1-4H;;. The van der Waals surface area contributed by atoms with Gasteiger partial charge in [0.2, 0.25) is 0 Å². The van der Waals surface area contributed by atoms with Crippen molar-refractivity contribution in [3.8, 4) is 5.75 Å². The maximum Gasteiger partial charge on any atom is -0.00934 e. The van der Waals surface area contributed by atoms with Gasteiger partial charge in [0.15, 0.2) is 0 Å². The van der Waals surface area contributed by atoms with E-state index in [1.54, 1.807) is 35.6 Å². The summed E-state index contributed by atoms with van der Waals surface area (Å²) in [7, 11) is 0. The molecule has 1 aromatic carbocycles. The zero-order valence-corrected chi connectivity index (χ0v) is 7.37. The van der Waals surface area contributed by atoms with E-state index in [4.69, 9.17) is 5.11 Å². The molecule has 3 heteroatoms. The Balaban J connectivity index is 0.000000215. The van der Waals surface area contributed by atoms with Gasteiger partial charge in [-0.15, -0.1) is 0 Å². The van der Waals surface area contributed by atoms with Crippen LogP contribution in [0.5, 0.6) is 5.75 Å². The van der Waals surface area contributed by atoms with Crippen LogP contribution in [0.4, 0.5) is 0 Å². The monoisotopic (exact) mass is 186 g/mol. The third-order valence-corrected chi connectivity index (χ3v) is 1.81. The summed E-state index contributed by atoms with van der Waals surface area (Å²) >= 11 is 1.71. The summed E-state index contributed by atoms with van der Waals surface area (Å²) in [5, 5.41) is 12.7. The molecule has 1 N–H and O–H groups in total. The van der Waals surface area contributed by atoms with Gasteiger partial charge >= 0.3 is 18.9 Å². The summed E-state index contributed by atoms with van der Waals surface area (Å²) in [4.78, 5) is 0. The molecule has 0 fully saturated rings. The second-order valence-electron chi connectivity index (χ2n) is 2.13. The van der Waals surface area contributed by atoms with Crippen LogP contribution in [0.3, 0.4) is 0 Å². The largest absolute Gasteiger partial charge is 0.152 e. The third-order valence-electron chi connectivity index (χ3n) is 1.18. The molecule has 0 aliphatic carbocycles.